The maximum absolute atomic E-state index is 11.9. The third kappa shape index (κ3) is 3.41. The van der Waals surface area contributed by atoms with Crippen molar-refractivity contribution >= 4 is 11.9 Å². The van der Waals surface area contributed by atoms with Crippen molar-refractivity contribution in [2.24, 2.45) is 0 Å². The zero-order valence-electron chi connectivity index (χ0n) is 10.0. The van der Waals surface area contributed by atoms with Crippen molar-refractivity contribution in [1.29, 1.82) is 0 Å². The lowest BCUT2D eigenvalue weighted by Gasteiger charge is -2.16. The van der Waals surface area contributed by atoms with Gasteiger partial charge in [-0.05, 0) is 5.56 Å². The first-order valence-electron chi connectivity index (χ1n) is 5.73. The summed E-state index contributed by atoms with van der Waals surface area (Å²) in [6, 6.07) is 8.41. The van der Waals surface area contributed by atoms with Gasteiger partial charge in [-0.15, -0.1) is 0 Å². The number of H-pyrrole nitrogens is 1. The number of carbonyl (C=O) groups is 2. The van der Waals surface area contributed by atoms with Crippen molar-refractivity contribution in [1.82, 2.24) is 15.3 Å². The molecule has 2 rings (SSSR count). The van der Waals surface area contributed by atoms with Crippen molar-refractivity contribution in [3.63, 3.8) is 0 Å². The number of carbonyl (C=O) groups excluding carboxylic acids is 1. The Labute approximate surface area is 109 Å². The fraction of sp³-hybridized carbons (Fsp3) is 0.154. The Morgan fingerprint density at radius 3 is 2.63 bits per heavy atom. The van der Waals surface area contributed by atoms with Crippen molar-refractivity contribution in [2.75, 3.05) is 0 Å². The minimum absolute atomic E-state index is 0.177. The van der Waals surface area contributed by atoms with Crippen LogP contribution in [0.4, 0.5) is 0 Å². The molecule has 1 unspecified atom stereocenters. The molecule has 0 radical (unpaired) electrons. The SMILES string of the molecule is O=C(O)CC(NC(=O)c1cnc[nH]1)c1ccccc1. The van der Waals surface area contributed by atoms with Gasteiger partial charge in [0.05, 0.1) is 25.0 Å². The van der Waals surface area contributed by atoms with Crippen molar-refractivity contribution in [3.05, 3.63) is 54.1 Å². The van der Waals surface area contributed by atoms with Crippen LogP contribution in [0.1, 0.15) is 28.5 Å². The molecule has 19 heavy (non-hydrogen) atoms. The standard InChI is InChI=1S/C13H13N3O3/c17-12(18)6-10(9-4-2-1-3-5-9)16-13(19)11-7-14-8-15-11/h1-5,7-8,10H,6H2,(H,14,15)(H,16,19)(H,17,18). The van der Waals surface area contributed by atoms with Crippen LogP contribution in [0.2, 0.25) is 0 Å². The third-order valence-electron chi connectivity index (χ3n) is 2.63. The van der Waals surface area contributed by atoms with Gasteiger partial charge in [-0.3, -0.25) is 9.59 Å². The van der Waals surface area contributed by atoms with Crippen LogP contribution in [-0.2, 0) is 4.79 Å². The minimum Gasteiger partial charge on any atom is -0.481 e. The lowest BCUT2D eigenvalue weighted by Crippen LogP contribution is -2.30. The first kappa shape index (κ1) is 12.8. The number of amides is 1. The van der Waals surface area contributed by atoms with Crippen LogP contribution in [0.5, 0.6) is 0 Å². The van der Waals surface area contributed by atoms with Gasteiger partial charge in [0.2, 0.25) is 0 Å². The molecule has 98 valence electrons. The molecule has 0 saturated heterocycles. The molecule has 3 N–H and O–H groups in total. The predicted molar refractivity (Wildman–Crippen MR) is 67.5 cm³/mol. The van der Waals surface area contributed by atoms with Crippen LogP contribution >= 0.6 is 0 Å². The molecule has 1 aromatic carbocycles. The number of rotatable bonds is 5. The van der Waals surface area contributed by atoms with Crippen LogP contribution in [0.15, 0.2) is 42.9 Å². The fourth-order valence-corrected chi connectivity index (χ4v) is 1.73. The second-order valence-electron chi connectivity index (χ2n) is 4.00. The topological polar surface area (TPSA) is 95.1 Å². The summed E-state index contributed by atoms with van der Waals surface area (Å²) in [6.07, 6.45) is 2.60. The molecule has 2 aromatic rings. The van der Waals surface area contributed by atoms with Gasteiger partial charge in [0.1, 0.15) is 5.69 Å². The summed E-state index contributed by atoms with van der Waals surface area (Å²) in [5.41, 5.74) is 1.05. The van der Waals surface area contributed by atoms with E-state index >= 15 is 0 Å². The van der Waals surface area contributed by atoms with Gasteiger partial charge in [-0.25, -0.2) is 4.98 Å². The Hall–Kier alpha value is -2.63. The largest absolute Gasteiger partial charge is 0.481 e. The number of hydrogen-bond donors (Lipinski definition) is 3. The van der Waals surface area contributed by atoms with E-state index in [1.807, 2.05) is 6.07 Å². The molecule has 0 bridgehead atoms. The summed E-state index contributed by atoms with van der Waals surface area (Å²) in [4.78, 5) is 29.2. The number of aromatic nitrogens is 2. The quantitative estimate of drug-likeness (QED) is 0.755. The Kier molecular flexibility index (Phi) is 3.92. The lowest BCUT2D eigenvalue weighted by molar-refractivity contribution is -0.137. The lowest BCUT2D eigenvalue weighted by atomic mass is 10.0. The van der Waals surface area contributed by atoms with E-state index in [0.717, 1.165) is 5.56 Å². The smallest absolute Gasteiger partial charge is 0.305 e. The summed E-state index contributed by atoms with van der Waals surface area (Å²) in [5.74, 6) is -1.36. The zero-order chi connectivity index (χ0) is 13.7. The minimum atomic E-state index is -0.973. The van der Waals surface area contributed by atoms with E-state index in [1.165, 1.54) is 12.5 Å². The van der Waals surface area contributed by atoms with Crippen LogP contribution in [0.3, 0.4) is 0 Å². The highest BCUT2D eigenvalue weighted by atomic mass is 16.4. The summed E-state index contributed by atoms with van der Waals surface area (Å²) in [7, 11) is 0. The monoisotopic (exact) mass is 259 g/mol. The van der Waals surface area contributed by atoms with Crippen molar-refractivity contribution in [3.8, 4) is 0 Å². The van der Waals surface area contributed by atoms with Crippen LogP contribution in [0, 0.1) is 0 Å². The maximum Gasteiger partial charge on any atom is 0.305 e. The average molecular weight is 259 g/mol. The average Bonchev–Trinajstić information content (AvgIpc) is 2.92. The molecule has 0 aliphatic heterocycles. The molecule has 1 amide bonds. The Balaban J connectivity index is 2.15. The van der Waals surface area contributed by atoms with Crippen LogP contribution < -0.4 is 5.32 Å². The molecule has 1 heterocycles. The maximum atomic E-state index is 11.9. The predicted octanol–water partition coefficient (Wildman–Crippen LogP) is 1.36. The Morgan fingerprint density at radius 1 is 1.32 bits per heavy atom. The number of hydrogen-bond acceptors (Lipinski definition) is 3. The normalized spacial score (nSPS) is 11.8. The molecule has 1 aromatic heterocycles. The van der Waals surface area contributed by atoms with Crippen LogP contribution in [0.25, 0.3) is 0 Å². The number of aromatic amines is 1. The summed E-state index contributed by atoms with van der Waals surface area (Å²) >= 11 is 0. The summed E-state index contributed by atoms with van der Waals surface area (Å²) < 4.78 is 0. The van der Waals surface area contributed by atoms with Gasteiger partial charge in [0.25, 0.3) is 5.91 Å². The van der Waals surface area contributed by atoms with Crippen LogP contribution in [-0.4, -0.2) is 27.0 Å². The molecule has 6 nitrogen and oxygen atoms in total. The molecular weight excluding hydrogens is 246 g/mol. The van der Waals surface area contributed by atoms with Crippen molar-refractivity contribution in [2.45, 2.75) is 12.5 Å². The van der Waals surface area contributed by atoms with Gasteiger partial charge in [0.15, 0.2) is 0 Å². The molecule has 1 atom stereocenters. The first-order valence-corrected chi connectivity index (χ1v) is 5.73. The molecule has 0 saturated carbocycles. The van der Waals surface area contributed by atoms with Crippen molar-refractivity contribution < 1.29 is 14.7 Å². The van der Waals surface area contributed by atoms with Gasteiger partial charge < -0.3 is 15.4 Å². The molecule has 0 spiro atoms. The molecule has 0 aliphatic carbocycles. The molecule has 0 fully saturated rings. The Morgan fingerprint density at radius 2 is 2.05 bits per heavy atom. The van der Waals surface area contributed by atoms with Gasteiger partial charge in [0, 0.05) is 0 Å². The fourth-order valence-electron chi connectivity index (χ4n) is 1.73. The summed E-state index contributed by atoms with van der Waals surface area (Å²) in [5, 5.41) is 11.6. The molecule has 6 heteroatoms. The van der Waals surface area contributed by atoms with E-state index in [2.05, 4.69) is 15.3 Å². The molecule has 0 aliphatic rings. The second-order valence-corrected chi connectivity index (χ2v) is 4.00. The number of nitrogens with one attached hydrogen (secondary N) is 2. The summed E-state index contributed by atoms with van der Waals surface area (Å²) in [6.45, 7) is 0. The first-order chi connectivity index (χ1) is 9.16. The number of aliphatic carboxylic acids is 1. The Bertz CT molecular complexity index is 552. The van der Waals surface area contributed by atoms with Gasteiger partial charge in [-0.1, -0.05) is 30.3 Å². The van der Waals surface area contributed by atoms with E-state index in [0.29, 0.717) is 5.69 Å². The highest BCUT2D eigenvalue weighted by molar-refractivity contribution is 5.92. The van der Waals surface area contributed by atoms with E-state index < -0.39 is 12.0 Å². The van der Waals surface area contributed by atoms with Gasteiger partial charge in [-0.2, -0.15) is 0 Å². The number of imidazole rings is 1. The number of carboxylic acids is 1. The zero-order valence-corrected chi connectivity index (χ0v) is 10.0. The third-order valence-corrected chi connectivity index (χ3v) is 2.63. The van der Waals surface area contributed by atoms with E-state index in [1.54, 1.807) is 24.3 Å². The highest BCUT2D eigenvalue weighted by Gasteiger charge is 2.19. The van der Waals surface area contributed by atoms with E-state index in [9.17, 15) is 9.59 Å². The van der Waals surface area contributed by atoms with Gasteiger partial charge >= 0.3 is 5.97 Å². The number of carboxylic acid groups (broad SMARTS) is 1. The number of benzene rings is 1. The molecular formula is C13H13N3O3. The highest BCUT2D eigenvalue weighted by Crippen LogP contribution is 2.16. The number of nitrogens with zero attached hydrogens (tertiary/aromatic N) is 1. The second kappa shape index (κ2) is 5.81. The van der Waals surface area contributed by atoms with E-state index in [4.69, 9.17) is 5.11 Å². The van der Waals surface area contributed by atoms with E-state index in [-0.39, 0.29) is 12.3 Å².